The van der Waals surface area contributed by atoms with Crippen LogP contribution in [-0.4, -0.2) is 39.1 Å². The second-order valence-electron chi connectivity index (χ2n) is 4.11. The summed E-state index contributed by atoms with van der Waals surface area (Å²) < 4.78 is 10.3. The molecule has 0 radical (unpaired) electrons. The van der Waals surface area contributed by atoms with Crippen LogP contribution in [0.15, 0.2) is 17.7 Å². The van der Waals surface area contributed by atoms with Crippen LogP contribution in [0.4, 0.5) is 0 Å². The van der Waals surface area contributed by atoms with E-state index in [2.05, 4.69) is 0 Å². The van der Waals surface area contributed by atoms with Crippen molar-refractivity contribution in [3.8, 4) is 17.6 Å². The Bertz CT molecular complexity index is 589. The van der Waals surface area contributed by atoms with E-state index in [4.69, 9.17) is 26.3 Å². The quantitative estimate of drug-likeness (QED) is 0.632. The fourth-order valence-electron chi connectivity index (χ4n) is 1.57. The molecule has 0 N–H and O–H groups in total. The third kappa shape index (κ3) is 3.43. The number of hydrogen-bond acceptors (Lipinski definition) is 4. The van der Waals surface area contributed by atoms with Gasteiger partial charge in [0.15, 0.2) is 11.5 Å². The number of benzene rings is 1. The maximum Gasteiger partial charge on any atom is 0.264 e. The van der Waals surface area contributed by atoms with E-state index in [1.165, 1.54) is 25.2 Å². The summed E-state index contributed by atoms with van der Waals surface area (Å²) in [5.74, 6) is 0.461. The average Bonchev–Trinajstić information content (AvgIpc) is 2.43. The zero-order valence-electron chi connectivity index (χ0n) is 11.7. The molecular weight excluding hydrogens is 280 g/mol. The fourth-order valence-corrected chi connectivity index (χ4v) is 1.87. The molecule has 6 heteroatoms. The van der Waals surface area contributed by atoms with Gasteiger partial charge in [-0.3, -0.25) is 4.79 Å². The predicted octanol–water partition coefficient (Wildman–Crippen LogP) is 2.35. The summed E-state index contributed by atoms with van der Waals surface area (Å²) in [6.45, 7) is 0. The van der Waals surface area contributed by atoms with Crippen molar-refractivity contribution >= 4 is 23.6 Å². The predicted molar refractivity (Wildman–Crippen MR) is 76.8 cm³/mol. The molecule has 0 aliphatic rings. The van der Waals surface area contributed by atoms with Crippen LogP contribution >= 0.6 is 11.6 Å². The van der Waals surface area contributed by atoms with E-state index in [9.17, 15) is 4.79 Å². The summed E-state index contributed by atoms with van der Waals surface area (Å²) in [6, 6.07) is 5.12. The summed E-state index contributed by atoms with van der Waals surface area (Å²) >= 11 is 6.07. The topological polar surface area (TPSA) is 62.6 Å². The van der Waals surface area contributed by atoms with Crippen molar-refractivity contribution in [3.05, 3.63) is 28.3 Å². The lowest BCUT2D eigenvalue weighted by atomic mass is 10.1. The van der Waals surface area contributed by atoms with E-state index in [1.807, 2.05) is 6.07 Å². The Labute approximate surface area is 123 Å². The Morgan fingerprint density at radius 1 is 1.35 bits per heavy atom. The van der Waals surface area contributed by atoms with Gasteiger partial charge in [0.05, 0.1) is 19.2 Å². The van der Waals surface area contributed by atoms with Crippen LogP contribution in [0.5, 0.6) is 11.5 Å². The summed E-state index contributed by atoms with van der Waals surface area (Å²) in [7, 11) is 6.12. The van der Waals surface area contributed by atoms with Crippen molar-refractivity contribution in [2.24, 2.45) is 0 Å². The van der Waals surface area contributed by atoms with Gasteiger partial charge in [-0.05, 0) is 23.8 Å². The average molecular weight is 295 g/mol. The highest BCUT2D eigenvalue weighted by Crippen LogP contribution is 2.36. The highest BCUT2D eigenvalue weighted by Gasteiger charge is 2.14. The maximum atomic E-state index is 11.8. The third-order valence-electron chi connectivity index (χ3n) is 2.52. The first kappa shape index (κ1) is 15.9. The SMILES string of the molecule is COc1cc(/C=C(/C#N)C(=O)N(C)C)cc(Cl)c1OC. The largest absolute Gasteiger partial charge is 0.493 e. The Morgan fingerprint density at radius 3 is 2.45 bits per heavy atom. The number of amides is 1. The van der Waals surface area contributed by atoms with E-state index in [0.29, 0.717) is 22.1 Å². The van der Waals surface area contributed by atoms with E-state index in [0.717, 1.165) is 0 Å². The molecule has 0 aromatic heterocycles. The smallest absolute Gasteiger partial charge is 0.264 e. The number of carbonyl (C=O) groups excluding carboxylic acids is 1. The van der Waals surface area contributed by atoms with E-state index >= 15 is 0 Å². The van der Waals surface area contributed by atoms with Gasteiger partial charge >= 0.3 is 0 Å². The minimum Gasteiger partial charge on any atom is -0.493 e. The highest BCUT2D eigenvalue weighted by molar-refractivity contribution is 6.32. The number of nitrogens with zero attached hydrogens (tertiary/aromatic N) is 2. The van der Waals surface area contributed by atoms with Gasteiger partial charge in [-0.2, -0.15) is 5.26 Å². The van der Waals surface area contributed by atoms with Crippen molar-refractivity contribution in [1.29, 1.82) is 5.26 Å². The van der Waals surface area contributed by atoms with Gasteiger partial charge in [-0.25, -0.2) is 0 Å². The summed E-state index contributed by atoms with van der Waals surface area (Å²) in [5, 5.41) is 9.39. The molecule has 1 aromatic rings. The molecule has 0 atom stereocenters. The number of methoxy groups -OCH3 is 2. The minimum absolute atomic E-state index is 0.0123. The Hall–Kier alpha value is -2.19. The van der Waals surface area contributed by atoms with Crippen molar-refractivity contribution in [2.45, 2.75) is 0 Å². The van der Waals surface area contributed by atoms with Crippen molar-refractivity contribution in [2.75, 3.05) is 28.3 Å². The van der Waals surface area contributed by atoms with Crippen LogP contribution in [0.2, 0.25) is 5.02 Å². The first-order valence-electron chi connectivity index (χ1n) is 5.69. The minimum atomic E-state index is -0.376. The maximum absolute atomic E-state index is 11.8. The first-order chi connectivity index (χ1) is 9.44. The van der Waals surface area contributed by atoms with Gasteiger partial charge < -0.3 is 14.4 Å². The molecule has 0 saturated heterocycles. The van der Waals surface area contributed by atoms with Crippen molar-refractivity contribution < 1.29 is 14.3 Å². The number of halogens is 1. The van der Waals surface area contributed by atoms with Crippen molar-refractivity contribution in [1.82, 2.24) is 4.90 Å². The zero-order valence-corrected chi connectivity index (χ0v) is 12.5. The first-order valence-corrected chi connectivity index (χ1v) is 6.07. The molecule has 106 valence electrons. The molecular formula is C14H15ClN2O3. The molecule has 0 saturated carbocycles. The number of carbonyl (C=O) groups is 1. The molecule has 5 nitrogen and oxygen atoms in total. The van der Waals surface area contributed by atoms with E-state index < -0.39 is 0 Å². The second-order valence-corrected chi connectivity index (χ2v) is 4.51. The molecule has 0 heterocycles. The third-order valence-corrected chi connectivity index (χ3v) is 2.80. The Balaban J connectivity index is 3.31. The standard InChI is InChI=1S/C14H15ClN2O3/c1-17(2)14(18)10(8-16)5-9-6-11(15)13(20-4)12(7-9)19-3/h5-7H,1-4H3/b10-5-. The molecule has 0 aliphatic carbocycles. The Morgan fingerprint density at radius 2 is 2.00 bits per heavy atom. The van der Waals surface area contributed by atoms with E-state index in [1.54, 1.807) is 26.2 Å². The lowest BCUT2D eigenvalue weighted by Gasteiger charge is -2.11. The number of hydrogen-bond donors (Lipinski definition) is 0. The number of nitriles is 1. The van der Waals surface area contributed by atoms with Gasteiger partial charge in [-0.1, -0.05) is 11.6 Å². The van der Waals surface area contributed by atoms with Crippen LogP contribution in [0.3, 0.4) is 0 Å². The zero-order chi connectivity index (χ0) is 15.3. The van der Waals surface area contributed by atoms with Crippen LogP contribution in [0.25, 0.3) is 6.08 Å². The molecule has 1 aromatic carbocycles. The van der Waals surface area contributed by atoms with Gasteiger partial charge in [-0.15, -0.1) is 0 Å². The summed E-state index contributed by atoms with van der Waals surface area (Å²) in [5.41, 5.74) is 0.595. The number of ether oxygens (including phenoxy) is 2. The summed E-state index contributed by atoms with van der Waals surface area (Å²) in [6.07, 6.45) is 1.45. The summed E-state index contributed by atoms with van der Waals surface area (Å²) in [4.78, 5) is 13.1. The second kappa shape index (κ2) is 6.83. The van der Waals surface area contributed by atoms with Crippen LogP contribution in [-0.2, 0) is 4.79 Å². The van der Waals surface area contributed by atoms with Crippen LogP contribution in [0.1, 0.15) is 5.56 Å². The van der Waals surface area contributed by atoms with Gasteiger partial charge in [0, 0.05) is 14.1 Å². The Kier molecular flexibility index (Phi) is 5.42. The van der Waals surface area contributed by atoms with Crippen LogP contribution < -0.4 is 9.47 Å². The molecule has 1 rings (SSSR count). The van der Waals surface area contributed by atoms with Gasteiger partial charge in [0.1, 0.15) is 11.6 Å². The molecule has 0 spiro atoms. The number of likely N-dealkylation sites (N-methyl/N-ethyl adjacent to an activating group) is 1. The van der Waals surface area contributed by atoms with Crippen LogP contribution in [0, 0.1) is 11.3 Å². The highest BCUT2D eigenvalue weighted by atomic mass is 35.5. The molecule has 0 bridgehead atoms. The monoisotopic (exact) mass is 294 g/mol. The molecule has 0 fully saturated rings. The van der Waals surface area contributed by atoms with E-state index in [-0.39, 0.29) is 11.5 Å². The lowest BCUT2D eigenvalue weighted by Crippen LogP contribution is -2.22. The van der Waals surface area contributed by atoms with Gasteiger partial charge in [0.2, 0.25) is 0 Å². The molecule has 0 unspecified atom stereocenters. The molecule has 1 amide bonds. The van der Waals surface area contributed by atoms with Crippen molar-refractivity contribution in [3.63, 3.8) is 0 Å². The fraction of sp³-hybridized carbons (Fsp3) is 0.286. The lowest BCUT2D eigenvalue weighted by molar-refractivity contribution is -0.124. The molecule has 20 heavy (non-hydrogen) atoms. The number of rotatable bonds is 4. The normalized spacial score (nSPS) is 10.7. The molecule has 0 aliphatic heterocycles. The van der Waals surface area contributed by atoms with Gasteiger partial charge in [0.25, 0.3) is 5.91 Å².